The Balaban J connectivity index is 1.59. The van der Waals surface area contributed by atoms with E-state index in [0.717, 1.165) is 15.3 Å². The van der Waals surface area contributed by atoms with Gasteiger partial charge in [-0.25, -0.2) is 4.37 Å². The van der Waals surface area contributed by atoms with Crippen molar-refractivity contribution >= 4 is 46.2 Å². The minimum Gasteiger partial charge on any atom is -0.395 e. The first-order valence-corrected chi connectivity index (χ1v) is 15.2. The molecule has 0 fully saturated rings. The van der Waals surface area contributed by atoms with E-state index in [1.165, 1.54) is 33.6 Å². The van der Waals surface area contributed by atoms with Crippen LogP contribution < -0.4 is 10.9 Å². The van der Waals surface area contributed by atoms with E-state index in [0.29, 0.717) is 46.6 Å². The molecule has 5 aromatic rings. The molecule has 0 saturated heterocycles. The molecule has 4 heterocycles. The summed E-state index contributed by atoms with van der Waals surface area (Å²) in [7, 11) is 0. The molecule has 11 heteroatoms. The molecule has 0 amide bonds. The third-order valence-corrected chi connectivity index (χ3v) is 8.57. The van der Waals surface area contributed by atoms with Crippen LogP contribution in [0.15, 0.2) is 77.7 Å². The van der Waals surface area contributed by atoms with E-state index < -0.39 is 5.41 Å². The standard InChI is InChI=1S/C31H28ClN5O3S2/c1-31(2,20-38)30(40)37-28(33-19-24-10-11-27(32)41-24)18-25(35-37)26-16-22(9-8-21-6-4-3-5-7-21)17-29(39)36(26)15-13-23-12-14-34-42-23/h3-7,10-12,14,16-18,33,38H,13,15,19-20H2,1-2H3. The van der Waals surface area contributed by atoms with Crippen molar-refractivity contribution in [3.63, 3.8) is 0 Å². The minimum atomic E-state index is -1.08. The lowest BCUT2D eigenvalue weighted by Gasteiger charge is -2.20. The predicted octanol–water partition coefficient (Wildman–Crippen LogP) is 5.80. The lowest BCUT2D eigenvalue weighted by Crippen LogP contribution is -2.34. The monoisotopic (exact) mass is 617 g/mol. The highest BCUT2D eigenvalue weighted by Crippen LogP contribution is 2.28. The highest BCUT2D eigenvalue weighted by molar-refractivity contribution is 7.16. The summed E-state index contributed by atoms with van der Waals surface area (Å²) in [5.41, 5.74) is 1.00. The van der Waals surface area contributed by atoms with Crippen molar-refractivity contribution in [3.8, 4) is 23.2 Å². The fraction of sp³-hybridized carbons (Fsp3) is 0.226. The maximum atomic E-state index is 13.5. The maximum absolute atomic E-state index is 13.5. The number of hydrogen-bond acceptors (Lipinski definition) is 8. The van der Waals surface area contributed by atoms with E-state index in [1.807, 2.05) is 54.6 Å². The molecule has 0 aliphatic rings. The van der Waals surface area contributed by atoms with E-state index in [2.05, 4.69) is 26.6 Å². The van der Waals surface area contributed by atoms with Gasteiger partial charge in [-0.3, -0.25) is 9.59 Å². The third-order valence-electron chi connectivity index (χ3n) is 6.54. The third kappa shape index (κ3) is 6.89. The first-order valence-electron chi connectivity index (χ1n) is 13.2. The van der Waals surface area contributed by atoms with Crippen molar-refractivity contribution in [2.45, 2.75) is 33.4 Å². The molecular formula is C31H28ClN5O3S2. The highest BCUT2D eigenvalue weighted by Gasteiger charge is 2.31. The summed E-state index contributed by atoms with van der Waals surface area (Å²) < 4.78 is 7.74. The molecule has 214 valence electrons. The second-order valence-electron chi connectivity index (χ2n) is 10.2. The average molecular weight is 618 g/mol. The molecule has 4 aromatic heterocycles. The average Bonchev–Trinajstić information content (AvgIpc) is 3.76. The number of hydrogen-bond donors (Lipinski definition) is 2. The zero-order valence-electron chi connectivity index (χ0n) is 23.0. The molecule has 42 heavy (non-hydrogen) atoms. The lowest BCUT2D eigenvalue weighted by molar-refractivity contribution is 0.0616. The van der Waals surface area contributed by atoms with Gasteiger partial charge in [0.25, 0.3) is 11.5 Å². The number of halogens is 1. The summed E-state index contributed by atoms with van der Waals surface area (Å²) in [5.74, 6) is 6.26. The van der Waals surface area contributed by atoms with Crippen LogP contribution in [0, 0.1) is 17.3 Å². The first-order chi connectivity index (χ1) is 20.2. The van der Waals surface area contributed by atoms with Crippen LogP contribution in [-0.4, -0.2) is 36.3 Å². The van der Waals surface area contributed by atoms with E-state index in [9.17, 15) is 14.7 Å². The second-order valence-corrected chi connectivity index (χ2v) is 12.9. The number of thiophene rings is 1. The van der Waals surface area contributed by atoms with E-state index in [4.69, 9.17) is 11.6 Å². The van der Waals surface area contributed by atoms with Gasteiger partial charge in [-0.05, 0) is 61.8 Å². The fourth-order valence-electron chi connectivity index (χ4n) is 4.14. The van der Waals surface area contributed by atoms with Crippen molar-refractivity contribution in [1.29, 1.82) is 0 Å². The quantitative estimate of drug-likeness (QED) is 0.203. The number of aliphatic hydroxyl groups is 1. The molecule has 0 atom stereocenters. The Morgan fingerprint density at radius 3 is 2.52 bits per heavy atom. The SMILES string of the molecule is CC(C)(CO)C(=O)n1nc(-c2cc(C#Cc3ccccc3)cc(=O)n2CCc2ccns2)cc1NCc1ccc(Cl)s1. The molecule has 8 nitrogen and oxygen atoms in total. The Hall–Kier alpha value is -4.01. The van der Waals surface area contributed by atoms with Gasteiger partial charge in [-0.1, -0.05) is 41.6 Å². The maximum Gasteiger partial charge on any atom is 0.256 e. The van der Waals surface area contributed by atoms with Gasteiger partial charge in [0.2, 0.25) is 0 Å². The number of benzene rings is 1. The zero-order chi connectivity index (χ0) is 29.7. The van der Waals surface area contributed by atoms with Crippen LogP contribution in [0.4, 0.5) is 5.82 Å². The molecule has 0 bridgehead atoms. The normalized spacial score (nSPS) is 11.2. The summed E-state index contributed by atoms with van der Waals surface area (Å²) in [6, 6.07) is 20.3. The Labute approximate surface area is 256 Å². The van der Waals surface area contributed by atoms with Gasteiger partial charge in [0.05, 0.1) is 28.6 Å². The van der Waals surface area contributed by atoms with Crippen molar-refractivity contribution in [3.05, 3.63) is 108 Å². The highest BCUT2D eigenvalue weighted by atomic mass is 35.5. The van der Waals surface area contributed by atoms with Crippen LogP contribution in [0.5, 0.6) is 0 Å². The Morgan fingerprint density at radius 1 is 1.05 bits per heavy atom. The summed E-state index contributed by atoms with van der Waals surface area (Å²) in [4.78, 5) is 29.0. The number of carbonyl (C=O) groups is 1. The van der Waals surface area contributed by atoms with Crippen molar-refractivity contribution in [2.75, 3.05) is 11.9 Å². The molecule has 0 aliphatic heterocycles. The largest absolute Gasteiger partial charge is 0.395 e. The molecule has 1 aromatic carbocycles. The number of rotatable bonds is 9. The van der Waals surface area contributed by atoms with E-state index >= 15 is 0 Å². The molecule has 0 saturated carbocycles. The van der Waals surface area contributed by atoms with Crippen molar-refractivity contribution < 1.29 is 9.90 Å². The van der Waals surface area contributed by atoms with Gasteiger partial charge >= 0.3 is 0 Å². The molecule has 0 radical (unpaired) electrons. The van der Waals surface area contributed by atoms with Crippen LogP contribution in [-0.2, 0) is 19.5 Å². The Bertz CT molecular complexity index is 1810. The van der Waals surface area contributed by atoms with Gasteiger partial charge in [0.15, 0.2) is 0 Å². The van der Waals surface area contributed by atoms with Crippen LogP contribution in [0.1, 0.15) is 39.5 Å². The summed E-state index contributed by atoms with van der Waals surface area (Å²) in [6.07, 6.45) is 2.34. The molecule has 0 spiro atoms. The topological polar surface area (TPSA) is 102 Å². The first kappa shape index (κ1) is 29.5. The van der Waals surface area contributed by atoms with Crippen LogP contribution in [0.25, 0.3) is 11.4 Å². The predicted molar refractivity (Wildman–Crippen MR) is 168 cm³/mol. The van der Waals surface area contributed by atoms with Gasteiger partial charge in [-0.2, -0.15) is 9.78 Å². The number of anilines is 1. The fourth-order valence-corrected chi connectivity index (χ4v) is 5.72. The zero-order valence-corrected chi connectivity index (χ0v) is 25.4. The van der Waals surface area contributed by atoms with E-state index in [-0.39, 0.29) is 18.1 Å². The summed E-state index contributed by atoms with van der Waals surface area (Å²) in [5, 5.41) is 17.9. The second kappa shape index (κ2) is 12.9. The number of pyridine rings is 1. The van der Waals surface area contributed by atoms with Crippen LogP contribution >= 0.6 is 34.5 Å². The minimum absolute atomic E-state index is 0.228. The molecule has 2 N–H and O–H groups in total. The van der Waals surface area contributed by atoms with Crippen molar-refractivity contribution in [2.24, 2.45) is 5.41 Å². The number of aromatic nitrogens is 4. The Kier molecular flexibility index (Phi) is 9.04. The number of aryl methyl sites for hydroxylation is 1. The van der Waals surface area contributed by atoms with Gasteiger partial charge in [0, 0.05) is 52.2 Å². The van der Waals surface area contributed by atoms with Gasteiger partial charge in [-0.15, -0.1) is 11.3 Å². The number of aliphatic hydroxyl groups excluding tert-OH is 1. The van der Waals surface area contributed by atoms with Gasteiger partial charge < -0.3 is 15.0 Å². The Morgan fingerprint density at radius 2 is 1.83 bits per heavy atom. The van der Waals surface area contributed by atoms with Crippen LogP contribution in [0.3, 0.4) is 0 Å². The lowest BCUT2D eigenvalue weighted by atomic mass is 9.94. The van der Waals surface area contributed by atoms with Crippen LogP contribution in [0.2, 0.25) is 4.34 Å². The smallest absolute Gasteiger partial charge is 0.256 e. The van der Waals surface area contributed by atoms with E-state index in [1.54, 1.807) is 30.7 Å². The summed E-state index contributed by atoms with van der Waals surface area (Å²) in [6.45, 7) is 3.76. The number of nitrogens with one attached hydrogen (secondary N) is 1. The van der Waals surface area contributed by atoms with Gasteiger partial charge in [0.1, 0.15) is 11.5 Å². The molecule has 0 aliphatic carbocycles. The molecular weight excluding hydrogens is 590 g/mol. The molecule has 0 unspecified atom stereocenters. The van der Waals surface area contributed by atoms with Crippen molar-refractivity contribution in [1.82, 2.24) is 18.7 Å². The number of nitrogens with zero attached hydrogens (tertiary/aromatic N) is 4. The molecule has 5 rings (SSSR count). The summed E-state index contributed by atoms with van der Waals surface area (Å²) >= 11 is 8.93. The number of carbonyl (C=O) groups excluding carboxylic acids is 1.